The van der Waals surface area contributed by atoms with Crippen molar-refractivity contribution < 1.29 is 17.8 Å². The van der Waals surface area contributed by atoms with Crippen molar-refractivity contribution in [2.75, 3.05) is 5.75 Å². The SMILES string of the molecule is CCCS(=O)NC1=CCC(F)C(C(=O)c2c[nH]c3ncc(CC=CCc4ccc[nH]4)cc23)=C1F. The summed E-state index contributed by atoms with van der Waals surface area (Å²) in [4.78, 5) is 23.6. The van der Waals surface area contributed by atoms with E-state index in [4.69, 9.17) is 0 Å². The molecule has 0 fully saturated rings. The quantitative estimate of drug-likeness (QED) is 0.282. The highest BCUT2D eigenvalue weighted by Gasteiger charge is 2.32. The second-order valence-electron chi connectivity index (χ2n) is 8.05. The number of nitrogens with one attached hydrogen (secondary N) is 3. The van der Waals surface area contributed by atoms with Crippen molar-refractivity contribution in [3.05, 3.63) is 88.9 Å². The molecule has 1 aliphatic rings. The van der Waals surface area contributed by atoms with E-state index in [0.29, 0.717) is 29.6 Å². The lowest BCUT2D eigenvalue weighted by molar-refractivity contribution is 0.101. The average molecular weight is 485 g/mol. The molecule has 3 aromatic heterocycles. The highest BCUT2D eigenvalue weighted by atomic mass is 32.2. The zero-order valence-electron chi connectivity index (χ0n) is 18.7. The van der Waals surface area contributed by atoms with Gasteiger partial charge in [-0.1, -0.05) is 25.2 Å². The summed E-state index contributed by atoms with van der Waals surface area (Å²) in [5.74, 6) is -1.42. The highest BCUT2D eigenvalue weighted by Crippen LogP contribution is 2.32. The lowest BCUT2D eigenvalue weighted by atomic mass is 9.92. The molecule has 3 heterocycles. The third kappa shape index (κ3) is 5.25. The molecule has 0 saturated carbocycles. The summed E-state index contributed by atoms with van der Waals surface area (Å²) >= 11 is 0. The third-order valence-electron chi connectivity index (χ3n) is 5.53. The van der Waals surface area contributed by atoms with Crippen LogP contribution in [0.1, 0.15) is 41.4 Å². The molecule has 0 radical (unpaired) electrons. The monoisotopic (exact) mass is 484 g/mol. The van der Waals surface area contributed by atoms with Gasteiger partial charge in [0.2, 0.25) is 0 Å². The Morgan fingerprint density at radius 3 is 2.91 bits per heavy atom. The number of halogens is 2. The number of nitrogens with zero attached hydrogens (tertiary/aromatic N) is 1. The normalized spacial score (nSPS) is 17.4. The van der Waals surface area contributed by atoms with Gasteiger partial charge in [-0.3, -0.25) is 4.79 Å². The van der Waals surface area contributed by atoms with E-state index < -0.39 is 34.3 Å². The lowest BCUT2D eigenvalue weighted by Gasteiger charge is -2.19. The standard InChI is InChI=1S/C25H26F2N4O2S/c1-2-12-34(33)31-21-10-9-20(26)22(23(21)27)24(32)19-15-30-25-18(19)13-16(14-29-25)6-3-4-7-17-8-5-11-28-17/h3-5,8,10-11,13-15,20,28,31H,2,6-7,9,12H2,1H3,(H,29,30). The summed E-state index contributed by atoms with van der Waals surface area (Å²) in [5.41, 5.74) is 1.94. The molecule has 0 aliphatic heterocycles. The number of carbonyl (C=O) groups excluding carboxylic acids is 1. The number of aromatic amines is 2. The van der Waals surface area contributed by atoms with Gasteiger partial charge in [-0.05, 0) is 36.6 Å². The zero-order chi connectivity index (χ0) is 24.1. The highest BCUT2D eigenvalue weighted by molar-refractivity contribution is 7.83. The maximum atomic E-state index is 15.1. The van der Waals surface area contributed by atoms with Crippen molar-refractivity contribution in [3.63, 3.8) is 0 Å². The first kappa shape index (κ1) is 23.8. The van der Waals surface area contributed by atoms with Crippen LogP contribution >= 0.6 is 0 Å². The van der Waals surface area contributed by atoms with E-state index in [1.54, 1.807) is 6.20 Å². The van der Waals surface area contributed by atoms with Gasteiger partial charge < -0.3 is 14.7 Å². The van der Waals surface area contributed by atoms with E-state index in [0.717, 1.165) is 17.7 Å². The first-order chi connectivity index (χ1) is 16.5. The molecule has 9 heteroatoms. The Kier molecular flexibility index (Phi) is 7.52. The summed E-state index contributed by atoms with van der Waals surface area (Å²) in [6, 6.07) is 5.76. The number of hydrogen-bond donors (Lipinski definition) is 3. The van der Waals surface area contributed by atoms with Crippen molar-refractivity contribution in [1.82, 2.24) is 19.7 Å². The minimum atomic E-state index is -1.78. The van der Waals surface area contributed by atoms with Crippen LogP contribution in [-0.4, -0.2) is 36.9 Å². The fourth-order valence-corrected chi connectivity index (χ4v) is 4.71. The second-order valence-corrected chi connectivity index (χ2v) is 9.35. The number of pyridine rings is 1. The summed E-state index contributed by atoms with van der Waals surface area (Å²) in [5, 5.41) is 0.506. The Balaban J connectivity index is 1.56. The largest absolute Gasteiger partial charge is 0.365 e. The smallest absolute Gasteiger partial charge is 0.197 e. The van der Waals surface area contributed by atoms with Gasteiger partial charge in [0.05, 0.1) is 11.3 Å². The molecule has 0 aromatic carbocycles. The van der Waals surface area contributed by atoms with Crippen LogP contribution in [0, 0.1) is 0 Å². The average Bonchev–Trinajstić information content (AvgIpc) is 3.48. The fourth-order valence-electron chi connectivity index (χ4n) is 3.81. The van der Waals surface area contributed by atoms with Gasteiger partial charge in [0.25, 0.3) is 0 Å². The topological polar surface area (TPSA) is 90.6 Å². The first-order valence-corrected chi connectivity index (χ1v) is 12.5. The summed E-state index contributed by atoms with van der Waals surface area (Å²) < 4.78 is 44.4. The van der Waals surface area contributed by atoms with Crippen molar-refractivity contribution in [3.8, 4) is 0 Å². The van der Waals surface area contributed by atoms with Crippen LogP contribution in [0.25, 0.3) is 11.0 Å². The van der Waals surface area contributed by atoms with Gasteiger partial charge >= 0.3 is 0 Å². The molecule has 2 atom stereocenters. The van der Waals surface area contributed by atoms with E-state index in [1.165, 1.54) is 12.3 Å². The molecule has 0 saturated heterocycles. The summed E-state index contributed by atoms with van der Waals surface area (Å²) in [6.07, 6.45) is 10.4. The maximum absolute atomic E-state index is 15.1. The Morgan fingerprint density at radius 2 is 2.15 bits per heavy atom. The fraction of sp³-hybridized carbons (Fsp3) is 0.280. The van der Waals surface area contributed by atoms with E-state index in [2.05, 4.69) is 19.7 Å². The van der Waals surface area contributed by atoms with Crippen molar-refractivity contribution in [2.24, 2.45) is 0 Å². The lowest BCUT2D eigenvalue weighted by Crippen LogP contribution is -2.26. The predicted octanol–water partition coefficient (Wildman–Crippen LogP) is 4.93. The molecule has 4 rings (SSSR count). The van der Waals surface area contributed by atoms with Gasteiger partial charge in [-0.2, -0.15) is 0 Å². The third-order valence-corrected chi connectivity index (χ3v) is 6.75. The molecule has 0 spiro atoms. The zero-order valence-corrected chi connectivity index (χ0v) is 19.6. The number of fused-ring (bicyclic) bond motifs is 1. The Morgan fingerprint density at radius 1 is 1.32 bits per heavy atom. The Labute approximate surface area is 198 Å². The molecule has 0 amide bonds. The van der Waals surface area contributed by atoms with Gasteiger partial charge in [0.15, 0.2) is 11.6 Å². The molecule has 1 aliphatic carbocycles. The molecule has 3 aromatic rings. The number of carbonyl (C=O) groups is 1. The molecule has 2 unspecified atom stereocenters. The number of H-pyrrole nitrogens is 2. The van der Waals surface area contributed by atoms with E-state index in [-0.39, 0.29) is 17.7 Å². The van der Waals surface area contributed by atoms with Gasteiger partial charge in [0.1, 0.15) is 22.8 Å². The van der Waals surface area contributed by atoms with Gasteiger partial charge in [-0.25, -0.2) is 18.0 Å². The number of alkyl halides is 1. The number of ketones is 1. The van der Waals surface area contributed by atoms with Crippen molar-refractivity contribution >= 4 is 27.8 Å². The molecule has 6 nitrogen and oxygen atoms in total. The van der Waals surface area contributed by atoms with E-state index >= 15 is 4.39 Å². The number of hydrogen-bond acceptors (Lipinski definition) is 3. The Bertz CT molecular complexity index is 1290. The van der Waals surface area contributed by atoms with Crippen LogP contribution in [0.3, 0.4) is 0 Å². The number of aromatic nitrogens is 3. The maximum Gasteiger partial charge on any atom is 0.197 e. The molecule has 0 bridgehead atoms. The van der Waals surface area contributed by atoms with Gasteiger partial charge in [-0.15, -0.1) is 0 Å². The number of Topliss-reactive ketones (excluding diaryl/α,β-unsaturated/α-hetero) is 1. The predicted molar refractivity (Wildman–Crippen MR) is 130 cm³/mol. The second kappa shape index (κ2) is 10.7. The minimum absolute atomic E-state index is 0.102. The van der Waals surface area contributed by atoms with Crippen LogP contribution in [0.2, 0.25) is 0 Å². The van der Waals surface area contributed by atoms with Crippen molar-refractivity contribution in [1.29, 1.82) is 0 Å². The molecule has 178 valence electrons. The number of allylic oxidation sites excluding steroid dienone is 5. The molecular weight excluding hydrogens is 458 g/mol. The molecule has 34 heavy (non-hydrogen) atoms. The summed E-state index contributed by atoms with van der Waals surface area (Å²) in [6.45, 7) is 1.85. The molecule has 3 N–H and O–H groups in total. The molecular formula is C25H26F2N4O2S. The van der Waals surface area contributed by atoms with Crippen LogP contribution in [0.5, 0.6) is 0 Å². The van der Waals surface area contributed by atoms with E-state index in [1.807, 2.05) is 43.5 Å². The van der Waals surface area contributed by atoms with Crippen LogP contribution in [0.4, 0.5) is 8.78 Å². The van der Waals surface area contributed by atoms with E-state index in [9.17, 15) is 13.4 Å². The van der Waals surface area contributed by atoms with Crippen LogP contribution in [-0.2, 0) is 23.8 Å². The first-order valence-electron chi connectivity index (χ1n) is 11.1. The minimum Gasteiger partial charge on any atom is -0.365 e. The van der Waals surface area contributed by atoms with Crippen LogP contribution in [0.15, 0.2) is 72.1 Å². The Hall–Kier alpha value is -3.33. The van der Waals surface area contributed by atoms with Crippen LogP contribution < -0.4 is 4.72 Å². The van der Waals surface area contributed by atoms with Gasteiger partial charge in [0, 0.05) is 53.8 Å². The number of rotatable bonds is 10. The van der Waals surface area contributed by atoms with Crippen molar-refractivity contribution in [2.45, 2.75) is 38.8 Å². The summed E-state index contributed by atoms with van der Waals surface area (Å²) in [7, 11) is -1.50.